The summed E-state index contributed by atoms with van der Waals surface area (Å²) in [5, 5.41) is 6.05. The molecule has 0 saturated carbocycles. The first-order valence-electron chi connectivity index (χ1n) is 6.56. The van der Waals surface area contributed by atoms with E-state index in [1.54, 1.807) is 0 Å². The summed E-state index contributed by atoms with van der Waals surface area (Å²) >= 11 is 0. The predicted octanol–water partition coefficient (Wildman–Crippen LogP) is 0.317. The van der Waals surface area contributed by atoms with Crippen LogP contribution in [0.4, 0.5) is 0 Å². The Morgan fingerprint density at radius 1 is 1.33 bits per heavy atom. The van der Waals surface area contributed by atoms with Gasteiger partial charge in [0, 0.05) is 12.8 Å². The van der Waals surface area contributed by atoms with Gasteiger partial charge in [0.25, 0.3) is 0 Å². The molecule has 0 aromatic rings. The molecule has 1 amide bonds. The third-order valence-corrected chi connectivity index (χ3v) is 4.48. The molecule has 1 aliphatic heterocycles. The molecular weight excluding hydrogens is 252 g/mol. The van der Waals surface area contributed by atoms with E-state index in [4.69, 9.17) is 0 Å². The number of hydrogen-bond acceptors (Lipinski definition) is 4. The summed E-state index contributed by atoms with van der Waals surface area (Å²) in [4.78, 5) is 12.3. The predicted molar refractivity (Wildman–Crippen MR) is 72.2 cm³/mol. The standard InChI is InChI=1S/C12H24N2O3S/c1-3-4-12(5-7-13-8-6-12)11(15)14-9-10-18(2,16)17/h13H,3-10H2,1-2H3,(H,14,15). The van der Waals surface area contributed by atoms with Crippen molar-refractivity contribution in [2.24, 2.45) is 5.41 Å². The molecule has 2 N–H and O–H groups in total. The first-order valence-corrected chi connectivity index (χ1v) is 8.62. The lowest BCUT2D eigenvalue weighted by atomic mass is 9.74. The Kier molecular flexibility index (Phi) is 5.59. The van der Waals surface area contributed by atoms with Gasteiger partial charge < -0.3 is 10.6 Å². The zero-order valence-electron chi connectivity index (χ0n) is 11.3. The van der Waals surface area contributed by atoms with Crippen LogP contribution in [0.2, 0.25) is 0 Å². The van der Waals surface area contributed by atoms with E-state index in [0.717, 1.165) is 38.8 Å². The molecule has 0 aliphatic carbocycles. The van der Waals surface area contributed by atoms with Gasteiger partial charge in [-0.2, -0.15) is 0 Å². The summed E-state index contributed by atoms with van der Waals surface area (Å²) in [7, 11) is -3.01. The number of piperidine rings is 1. The molecule has 0 aromatic heterocycles. The van der Waals surface area contributed by atoms with Crippen molar-refractivity contribution in [3.05, 3.63) is 0 Å². The Labute approximate surface area is 110 Å². The molecule has 5 nitrogen and oxygen atoms in total. The van der Waals surface area contributed by atoms with Gasteiger partial charge in [-0.25, -0.2) is 8.42 Å². The fourth-order valence-corrected chi connectivity index (χ4v) is 2.98. The fourth-order valence-electron chi connectivity index (χ4n) is 2.51. The number of carbonyl (C=O) groups excluding carboxylic acids is 1. The first kappa shape index (κ1) is 15.4. The van der Waals surface area contributed by atoms with Crippen molar-refractivity contribution in [3.63, 3.8) is 0 Å². The molecule has 1 aliphatic rings. The second-order valence-corrected chi connectivity index (χ2v) is 7.43. The zero-order chi connectivity index (χ0) is 13.6. The van der Waals surface area contributed by atoms with Gasteiger partial charge in [-0.05, 0) is 32.4 Å². The largest absolute Gasteiger partial charge is 0.355 e. The van der Waals surface area contributed by atoms with Gasteiger partial charge in [0.1, 0.15) is 9.84 Å². The molecule has 0 spiro atoms. The minimum absolute atomic E-state index is 0.0131. The van der Waals surface area contributed by atoms with Gasteiger partial charge in [0.05, 0.1) is 11.2 Å². The van der Waals surface area contributed by atoms with E-state index in [1.165, 1.54) is 6.26 Å². The van der Waals surface area contributed by atoms with E-state index < -0.39 is 9.84 Å². The van der Waals surface area contributed by atoms with Crippen LogP contribution in [-0.2, 0) is 14.6 Å². The second kappa shape index (κ2) is 6.52. The van der Waals surface area contributed by atoms with Crippen LogP contribution in [0.5, 0.6) is 0 Å². The maximum Gasteiger partial charge on any atom is 0.226 e. The number of sulfone groups is 1. The average molecular weight is 276 g/mol. The van der Waals surface area contributed by atoms with Gasteiger partial charge in [0.2, 0.25) is 5.91 Å². The van der Waals surface area contributed by atoms with Crippen LogP contribution in [0.1, 0.15) is 32.6 Å². The Balaban J connectivity index is 2.54. The van der Waals surface area contributed by atoms with E-state index in [1.807, 2.05) is 0 Å². The van der Waals surface area contributed by atoms with Crippen molar-refractivity contribution >= 4 is 15.7 Å². The Hall–Kier alpha value is -0.620. The first-order chi connectivity index (χ1) is 8.40. The van der Waals surface area contributed by atoms with E-state index in [2.05, 4.69) is 17.6 Å². The Morgan fingerprint density at radius 2 is 1.94 bits per heavy atom. The van der Waals surface area contributed by atoms with Crippen molar-refractivity contribution in [1.82, 2.24) is 10.6 Å². The lowest BCUT2D eigenvalue weighted by Gasteiger charge is -2.36. The summed E-state index contributed by atoms with van der Waals surface area (Å²) in [6.45, 7) is 4.02. The van der Waals surface area contributed by atoms with Crippen LogP contribution in [0.25, 0.3) is 0 Å². The number of rotatable bonds is 6. The number of amides is 1. The molecule has 106 valence electrons. The molecular formula is C12H24N2O3S. The molecule has 18 heavy (non-hydrogen) atoms. The SMILES string of the molecule is CCCC1(C(=O)NCCS(C)(=O)=O)CCNCC1. The van der Waals surface area contributed by atoms with Gasteiger partial charge in [-0.1, -0.05) is 13.3 Å². The summed E-state index contributed by atoms with van der Waals surface area (Å²) in [5.41, 5.74) is -0.294. The maximum atomic E-state index is 12.3. The fraction of sp³-hybridized carbons (Fsp3) is 0.917. The summed E-state index contributed by atoms with van der Waals surface area (Å²) in [6.07, 6.45) is 4.71. The molecule has 6 heteroatoms. The molecule has 1 saturated heterocycles. The lowest BCUT2D eigenvalue weighted by Crippen LogP contribution is -2.48. The van der Waals surface area contributed by atoms with Crippen LogP contribution in [0, 0.1) is 5.41 Å². The molecule has 1 heterocycles. The number of nitrogens with one attached hydrogen (secondary N) is 2. The highest BCUT2D eigenvalue weighted by Gasteiger charge is 2.38. The lowest BCUT2D eigenvalue weighted by molar-refractivity contribution is -0.133. The summed E-state index contributed by atoms with van der Waals surface area (Å²) in [6, 6.07) is 0. The smallest absolute Gasteiger partial charge is 0.226 e. The van der Waals surface area contributed by atoms with Crippen molar-refractivity contribution in [1.29, 1.82) is 0 Å². The van der Waals surface area contributed by atoms with Gasteiger partial charge in [-0.3, -0.25) is 4.79 Å². The zero-order valence-corrected chi connectivity index (χ0v) is 12.1. The van der Waals surface area contributed by atoms with Gasteiger partial charge >= 0.3 is 0 Å². The van der Waals surface area contributed by atoms with Crippen molar-refractivity contribution in [2.75, 3.05) is 31.6 Å². The second-order valence-electron chi connectivity index (χ2n) is 5.17. The topological polar surface area (TPSA) is 75.3 Å². The van der Waals surface area contributed by atoms with E-state index >= 15 is 0 Å². The summed E-state index contributed by atoms with van der Waals surface area (Å²) < 4.78 is 22.1. The Bertz CT molecular complexity index is 367. The van der Waals surface area contributed by atoms with Gasteiger partial charge in [0.15, 0.2) is 0 Å². The quantitative estimate of drug-likeness (QED) is 0.732. The third-order valence-electron chi connectivity index (χ3n) is 3.53. The summed E-state index contributed by atoms with van der Waals surface area (Å²) in [5.74, 6) is 0.0358. The van der Waals surface area contributed by atoms with Gasteiger partial charge in [-0.15, -0.1) is 0 Å². The van der Waals surface area contributed by atoms with Crippen molar-refractivity contribution in [2.45, 2.75) is 32.6 Å². The van der Waals surface area contributed by atoms with Crippen LogP contribution in [0.3, 0.4) is 0 Å². The van der Waals surface area contributed by atoms with Crippen molar-refractivity contribution < 1.29 is 13.2 Å². The number of carbonyl (C=O) groups is 1. The monoisotopic (exact) mass is 276 g/mol. The van der Waals surface area contributed by atoms with E-state index in [9.17, 15) is 13.2 Å². The Morgan fingerprint density at radius 3 is 2.44 bits per heavy atom. The molecule has 1 fully saturated rings. The van der Waals surface area contributed by atoms with E-state index in [-0.39, 0.29) is 23.6 Å². The molecule has 0 atom stereocenters. The number of hydrogen-bond donors (Lipinski definition) is 2. The van der Waals surface area contributed by atoms with Crippen LogP contribution < -0.4 is 10.6 Å². The minimum atomic E-state index is -3.01. The molecule has 0 radical (unpaired) electrons. The maximum absolute atomic E-state index is 12.3. The molecule has 0 unspecified atom stereocenters. The molecule has 0 bridgehead atoms. The van der Waals surface area contributed by atoms with Crippen molar-refractivity contribution in [3.8, 4) is 0 Å². The highest BCUT2D eigenvalue weighted by Crippen LogP contribution is 2.34. The van der Waals surface area contributed by atoms with Crippen LogP contribution >= 0.6 is 0 Å². The van der Waals surface area contributed by atoms with E-state index in [0.29, 0.717) is 0 Å². The average Bonchev–Trinajstić information content (AvgIpc) is 2.29. The normalized spacial score (nSPS) is 19.4. The van der Waals surface area contributed by atoms with Crippen LogP contribution in [0.15, 0.2) is 0 Å². The molecule has 0 aromatic carbocycles. The molecule has 1 rings (SSSR count). The highest BCUT2D eigenvalue weighted by atomic mass is 32.2. The third kappa shape index (κ3) is 4.57. The minimum Gasteiger partial charge on any atom is -0.355 e. The van der Waals surface area contributed by atoms with Crippen LogP contribution in [-0.4, -0.2) is 46.0 Å². The highest BCUT2D eigenvalue weighted by molar-refractivity contribution is 7.90.